The molecule has 0 spiro atoms. The zero-order chi connectivity index (χ0) is 15.9. The first-order valence-corrected chi connectivity index (χ1v) is 8.15. The minimum Gasteiger partial charge on any atom is -0.356 e. The van der Waals surface area contributed by atoms with Crippen LogP contribution in [-0.2, 0) is 6.54 Å². The molecule has 0 fully saturated rings. The lowest BCUT2D eigenvalue weighted by Crippen LogP contribution is -2.38. The van der Waals surface area contributed by atoms with Crippen LogP contribution in [0.15, 0.2) is 20.9 Å². The second kappa shape index (κ2) is 10.7. The van der Waals surface area contributed by atoms with Crippen LogP contribution in [-0.4, -0.2) is 37.7 Å². The molecule has 0 aliphatic rings. The van der Waals surface area contributed by atoms with Gasteiger partial charge in [-0.25, -0.2) is 0 Å². The molecule has 0 aromatic carbocycles. The first-order chi connectivity index (χ1) is 9.81. The van der Waals surface area contributed by atoms with E-state index in [0.717, 1.165) is 3.79 Å². The monoisotopic (exact) mass is 513 g/mol. The van der Waals surface area contributed by atoms with Gasteiger partial charge in [0.1, 0.15) is 0 Å². The second-order valence-electron chi connectivity index (χ2n) is 4.61. The van der Waals surface area contributed by atoms with Gasteiger partial charge in [-0.3, -0.25) is 4.99 Å². The molecule has 0 amide bonds. The number of guanidine groups is 1. The quantitative estimate of drug-likeness (QED) is 0.254. The summed E-state index contributed by atoms with van der Waals surface area (Å²) in [5.41, 5.74) is 0. The Morgan fingerprint density at radius 1 is 1.36 bits per heavy atom. The number of alkyl halides is 3. The molecule has 0 saturated carbocycles. The Morgan fingerprint density at radius 2 is 2.05 bits per heavy atom. The number of rotatable bonds is 6. The highest BCUT2D eigenvalue weighted by Crippen LogP contribution is 2.23. The molecule has 1 aromatic rings. The van der Waals surface area contributed by atoms with E-state index in [1.54, 1.807) is 18.4 Å². The molecule has 0 bridgehead atoms. The molecular weight excluding hydrogens is 494 g/mol. The molecule has 0 unspecified atom stereocenters. The molecule has 0 saturated heterocycles. The van der Waals surface area contributed by atoms with Gasteiger partial charge in [-0.05, 0) is 40.9 Å². The van der Waals surface area contributed by atoms with Crippen molar-refractivity contribution >= 4 is 57.2 Å². The fraction of sp³-hybridized carbons (Fsp3) is 0.615. The summed E-state index contributed by atoms with van der Waals surface area (Å²) >= 11 is 5.06. The predicted molar refractivity (Wildman–Crippen MR) is 100 cm³/mol. The lowest BCUT2D eigenvalue weighted by atomic mass is 10.2. The number of thiophene rings is 1. The number of unbranched alkanes of at least 4 members (excludes halogenated alkanes) is 1. The zero-order valence-corrected chi connectivity index (χ0v) is 17.1. The van der Waals surface area contributed by atoms with E-state index in [1.165, 1.54) is 4.88 Å². The summed E-state index contributed by atoms with van der Waals surface area (Å²) in [6.45, 7) is 1.19. The molecule has 0 aliphatic carbocycles. The molecule has 1 N–H and O–H groups in total. The number of nitrogens with zero attached hydrogens (tertiary/aromatic N) is 2. The topological polar surface area (TPSA) is 27.6 Å². The van der Waals surface area contributed by atoms with Crippen molar-refractivity contribution in [3.8, 4) is 0 Å². The van der Waals surface area contributed by atoms with E-state index in [9.17, 15) is 13.2 Å². The Bertz CT molecular complexity index is 466. The fourth-order valence-electron chi connectivity index (χ4n) is 1.78. The van der Waals surface area contributed by atoms with Crippen molar-refractivity contribution in [3.63, 3.8) is 0 Å². The fourth-order valence-corrected chi connectivity index (χ4v) is 3.32. The van der Waals surface area contributed by atoms with Crippen LogP contribution in [0.25, 0.3) is 0 Å². The van der Waals surface area contributed by atoms with Gasteiger partial charge in [0.2, 0.25) is 0 Å². The van der Waals surface area contributed by atoms with Crippen molar-refractivity contribution in [2.24, 2.45) is 4.99 Å². The molecular formula is C13H20BrF3IN3S. The van der Waals surface area contributed by atoms with Crippen LogP contribution < -0.4 is 5.32 Å². The molecule has 0 radical (unpaired) electrons. The SMILES string of the molecule is CN=C(NCCCCC(F)(F)F)N(C)Cc1ccc(Br)s1.I. The molecule has 128 valence electrons. The summed E-state index contributed by atoms with van der Waals surface area (Å²) in [5.74, 6) is 0.687. The van der Waals surface area contributed by atoms with Crippen LogP contribution in [0, 0.1) is 0 Å². The Hall–Kier alpha value is -0.0300. The third-order valence-corrected chi connectivity index (χ3v) is 4.37. The average Bonchev–Trinajstić information content (AvgIpc) is 2.77. The molecule has 1 rings (SSSR count). The number of hydrogen-bond donors (Lipinski definition) is 1. The molecule has 9 heteroatoms. The highest BCUT2D eigenvalue weighted by molar-refractivity contribution is 14.0. The highest BCUT2D eigenvalue weighted by atomic mass is 127. The number of hydrogen-bond acceptors (Lipinski definition) is 2. The summed E-state index contributed by atoms with van der Waals surface area (Å²) in [6, 6.07) is 4.02. The Morgan fingerprint density at radius 3 is 2.55 bits per heavy atom. The Balaban J connectivity index is 0.00000441. The molecule has 22 heavy (non-hydrogen) atoms. The van der Waals surface area contributed by atoms with Gasteiger partial charge >= 0.3 is 6.18 Å². The van der Waals surface area contributed by atoms with Gasteiger partial charge in [-0.2, -0.15) is 13.2 Å². The van der Waals surface area contributed by atoms with Crippen LogP contribution in [0.4, 0.5) is 13.2 Å². The van der Waals surface area contributed by atoms with E-state index in [4.69, 9.17) is 0 Å². The zero-order valence-electron chi connectivity index (χ0n) is 12.4. The van der Waals surface area contributed by atoms with Gasteiger partial charge in [0.15, 0.2) is 5.96 Å². The van der Waals surface area contributed by atoms with Gasteiger partial charge in [-0.15, -0.1) is 35.3 Å². The van der Waals surface area contributed by atoms with Gasteiger partial charge in [0.25, 0.3) is 0 Å². The van der Waals surface area contributed by atoms with Gasteiger partial charge in [-0.1, -0.05) is 0 Å². The van der Waals surface area contributed by atoms with E-state index in [2.05, 4.69) is 26.2 Å². The maximum absolute atomic E-state index is 12.0. The van der Waals surface area contributed by atoms with Crippen molar-refractivity contribution in [2.45, 2.75) is 32.0 Å². The van der Waals surface area contributed by atoms with Crippen LogP contribution in [0.1, 0.15) is 24.1 Å². The highest BCUT2D eigenvalue weighted by Gasteiger charge is 2.25. The Labute approximate surface area is 158 Å². The van der Waals surface area contributed by atoms with Crippen LogP contribution >= 0.6 is 51.2 Å². The average molecular weight is 514 g/mol. The van der Waals surface area contributed by atoms with Crippen molar-refractivity contribution in [1.29, 1.82) is 0 Å². The van der Waals surface area contributed by atoms with Crippen LogP contribution in [0.5, 0.6) is 0 Å². The minimum absolute atomic E-state index is 0. The number of nitrogens with one attached hydrogen (secondary N) is 1. The molecule has 0 atom stereocenters. The maximum atomic E-state index is 12.0. The van der Waals surface area contributed by atoms with E-state index < -0.39 is 12.6 Å². The van der Waals surface area contributed by atoms with Crippen molar-refractivity contribution in [2.75, 3.05) is 20.6 Å². The van der Waals surface area contributed by atoms with Gasteiger partial charge in [0, 0.05) is 31.9 Å². The van der Waals surface area contributed by atoms with Crippen LogP contribution in [0.2, 0.25) is 0 Å². The maximum Gasteiger partial charge on any atom is 0.389 e. The van der Waals surface area contributed by atoms with E-state index >= 15 is 0 Å². The summed E-state index contributed by atoms with van der Waals surface area (Å²) in [6.07, 6.45) is -4.19. The summed E-state index contributed by atoms with van der Waals surface area (Å²) in [5, 5.41) is 3.08. The lowest BCUT2D eigenvalue weighted by molar-refractivity contribution is -0.135. The minimum atomic E-state index is -4.06. The summed E-state index contributed by atoms with van der Waals surface area (Å²) in [4.78, 5) is 7.27. The van der Waals surface area contributed by atoms with Gasteiger partial charge < -0.3 is 10.2 Å². The third kappa shape index (κ3) is 9.19. The third-order valence-electron chi connectivity index (χ3n) is 2.77. The lowest BCUT2D eigenvalue weighted by Gasteiger charge is -2.21. The van der Waals surface area contributed by atoms with E-state index in [1.807, 2.05) is 24.1 Å². The molecule has 1 heterocycles. The number of halogens is 5. The predicted octanol–water partition coefficient (Wildman–Crippen LogP) is 4.87. The van der Waals surface area contributed by atoms with Crippen LogP contribution in [0.3, 0.4) is 0 Å². The van der Waals surface area contributed by atoms with Gasteiger partial charge in [0.05, 0.1) is 10.3 Å². The first kappa shape index (κ1) is 22.0. The van der Waals surface area contributed by atoms with Crippen molar-refractivity contribution in [3.05, 3.63) is 20.8 Å². The summed E-state index contributed by atoms with van der Waals surface area (Å²) < 4.78 is 37.1. The van der Waals surface area contributed by atoms with Crippen molar-refractivity contribution in [1.82, 2.24) is 10.2 Å². The first-order valence-electron chi connectivity index (χ1n) is 6.54. The molecule has 1 aromatic heterocycles. The Kier molecular flexibility index (Phi) is 10.7. The number of aliphatic imine (C=N–C) groups is 1. The molecule has 0 aliphatic heterocycles. The normalized spacial score (nSPS) is 12.0. The second-order valence-corrected chi connectivity index (χ2v) is 7.16. The van der Waals surface area contributed by atoms with Crippen molar-refractivity contribution < 1.29 is 13.2 Å². The van der Waals surface area contributed by atoms with E-state index in [-0.39, 0.29) is 30.4 Å². The van der Waals surface area contributed by atoms with E-state index in [0.29, 0.717) is 25.5 Å². The largest absolute Gasteiger partial charge is 0.389 e. The summed E-state index contributed by atoms with van der Waals surface area (Å²) in [7, 11) is 3.57. The smallest absolute Gasteiger partial charge is 0.356 e. The molecule has 3 nitrogen and oxygen atoms in total. The standard InChI is InChI=1S/C13H19BrF3N3S.HI/c1-18-12(19-8-4-3-7-13(15,16)17)20(2)9-10-5-6-11(14)21-10;/h5-6H,3-4,7-9H2,1-2H3,(H,18,19);1H.